The van der Waals surface area contributed by atoms with E-state index in [0.717, 1.165) is 32.1 Å². The number of carbonyl (C=O) groups is 2. The van der Waals surface area contributed by atoms with E-state index >= 15 is 0 Å². The quantitative estimate of drug-likeness (QED) is 0.127. The first-order valence-electron chi connectivity index (χ1n) is 11.4. The van der Waals surface area contributed by atoms with Crippen LogP contribution in [0.2, 0.25) is 0 Å². The summed E-state index contributed by atoms with van der Waals surface area (Å²) in [6, 6.07) is 3.24. The molecule has 1 heterocycles. The summed E-state index contributed by atoms with van der Waals surface area (Å²) in [7, 11) is 0. The summed E-state index contributed by atoms with van der Waals surface area (Å²) in [5.41, 5.74) is 0.325. The number of hydrogen-bond donors (Lipinski definition) is 0. The number of rotatable bonds is 16. The highest BCUT2D eigenvalue weighted by atomic mass is 16.7. The largest absolute Gasteiger partial charge is 0.425 e. The highest BCUT2D eigenvalue weighted by molar-refractivity contribution is 5.89. The fourth-order valence-corrected chi connectivity index (χ4v) is 2.79. The second-order valence-corrected chi connectivity index (χ2v) is 7.33. The normalized spacial score (nSPS) is 12.6. The van der Waals surface area contributed by atoms with Crippen LogP contribution in [0.25, 0.3) is 0 Å². The molecule has 1 rings (SSSR count). The van der Waals surface area contributed by atoms with Gasteiger partial charge in [0.05, 0.1) is 5.56 Å². The van der Waals surface area contributed by atoms with Crippen molar-refractivity contribution in [3.05, 3.63) is 66.5 Å². The first-order valence-corrected chi connectivity index (χ1v) is 11.4. The molecule has 0 saturated carbocycles. The summed E-state index contributed by atoms with van der Waals surface area (Å²) in [5.74, 6) is -0.920. The molecule has 0 aliphatic rings. The molecule has 0 aliphatic heterocycles. The van der Waals surface area contributed by atoms with Crippen LogP contribution >= 0.6 is 0 Å². The number of hydrogen-bond acceptors (Lipinski definition) is 5. The van der Waals surface area contributed by atoms with Crippen LogP contribution in [0.5, 0.6) is 0 Å². The first-order chi connectivity index (χ1) is 15.1. The van der Waals surface area contributed by atoms with E-state index in [9.17, 15) is 9.59 Å². The van der Waals surface area contributed by atoms with Crippen molar-refractivity contribution in [3.8, 4) is 0 Å². The van der Waals surface area contributed by atoms with Crippen molar-refractivity contribution >= 4 is 11.9 Å². The van der Waals surface area contributed by atoms with Gasteiger partial charge >= 0.3 is 11.9 Å². The van der Waals surface area contributed by atoms with Gasteiger partial charge in [-0.25, -0.2) is 4.79 Å². The molecule has 0 fully saturated rings. The minimum Gasteiger partial charge on any atom is -0.425 e. The molecule has 0 spiro atoms. The number of nitrogens with zero attached hydrogens (tertiary/aromatic N) is 1. The fraction of sp³-hybridized carbons (Fsp3) is 0.500. The van der Waals surface area contributed by atoms with Crippen LogP contribution in [0.15, 0.2) is 61.0 Å². The Bertz CT molecular complexity index is 695. The van der Waals surface area contributed by atoms with Crippen molar-refractivity contribution in [1.82, 2.24) is 4.98 Å². The van der Waals surface area contributed by atoms with Gasteiger partial charge in [0.2, 0.25) is 6.29 Å². The Labute approximate surface area is 187 Å². The molecule has 0 aliphatic carbocycles. The zero-order valence-corrected chi connectivity index (χ0v) is 19.0. The van der Waals surface area contributed by atoms with Crippen molar-refractivity contribution in [2.24, 2.45) is 0 Å². The molecule has 0 bridgehead atoms. The third-order valence-electron chi connectivity index (χ3n) is 4.49. The van der Waals surface area contributed by atoms with Crippen molar-refractivity contribution < 1.29 is 19.1 Å². The molecule has 0 saturated heterocycles. The van der Waals surface area contributed by atoms with Crippen LogP contribution in [-0.4, -0.2) is 23.2 Å². The van der Waals surface area contributed by atoms with E-state index in [1.54, 1.807) is 18.3 Å². The Kier molecular flexibility index (Phi) is 15.4. The molecule has 0 N–H and O–H groups in total. The maximum Gasteiger partial charge on any atom is 0.342 e. The molecule has 1 atom stereocenters. The van der Waals surface area contributed by atoms with E-state index < -0.39 is 12.3 Å². The molecular formula is C26H37NO4. The van der Waals surface area contributed by atoms with Crippen LogP contribution < -0.4 is 0 Å². The number of unbranched alkanes of at least 4 members (excludes halogenated alkanes) is 5. The molecule has 5 nitrogen and oxygen atoms in total. The monoisotopic (exact) mass is 427 g/mol. The number of allylic oxidation sites excluding steroid dienone is 6. The Morgan fingerprint density at radius 2 is 1.58 bits per heavy atom. The fourth-order valence-electron chi connectivity index (χ4n) is 2.79. The standard InChI is InChI=1S/C26H37NO4/c1-3-4-5-6-7-8-9-10-11-12-13-14-15-16-17-20-25(28)30-23(2)31-26(29)24-19-18-21-27-22-24/h7-8,10-11,13-14,18-19,21-23H,3-6,9,12,15-17,20H2,1-2H3. The second kappa shape index (κ2) is 18.1. The van der Waals surface area contributed by atoms with E-state index in [0.29, 0.717) is 12.0 Å². The van der Waals surface area contributed by atoms with Gasteiger partial charge in [0, 0.05) is 25.7 Å². The van der Waals surface area contributed by atoms with E-state index in [1.165, 1.54) is 38.8 Å². The van der Waals surface area contributed by atoms with Gasteiger partial charge in [0.15, 0.2) is 0 Å². The van der Waals surface area contributed by atoms with Gasteiger partial charge in [-0.2, -0.15) is 0 Å². The maximum atomic E-state index is 11.9. The summed E-state index contributed by atoms with van der Waals surface area (Å²) in [6.07, 6.45) is 25.1. The lowest BCUT2D eigenvalue weighted by atomic mass is 10.1. The molecule has 5 heteroatoms. The first kappa shape index (κ1) is 26.3. The van der Waals surface area contributed by atoms with Crippen LogP contribution in [0.1, 0.15) is 88.4 Å². The average Bonchev–Trinajstić information content (AvgIpc) is 2.77. The highest BCUT2D eigenvalue weighted by Crippen LogP contribution is 2.07. The molecule has 31 heavy (non-hydrogen) atoms. The van der Waals surface area contributed by atoms with Gasteiger partial charge in [0.1, 0.15) is 0 Å². The van der Waals surface area contributed by atoms with Gasteiger partial charge in [-0.1, -0.05) is 56.2 Å². The Morgan fingerprint density at radius 3 is 2.19 bits per heavy atom. The van der Waals surface area contributed by atoms with Crippen LogP contribution in [0, 0.1) is 0 Å². The van der Waals surface area contributed by atoms with Gasteiger partial charge in [-0.15, -0.1) is 0 Å². The minimum atomic E-state index is -0.918. The van der Waals surface area contributed by atoms with Gasteiger partial charge in [-0.3, -0.25) is 9.78 Å². The van der Waals surface area contributed by atoms with E-state index in [2.05, 4.69) is 48.4 Å². The molecule has 0 radical (unpaired) electrons. The zero-order chi connectivity index (χ0) is 22.6. The number of ether oxygens (including phenoxy) is 2. The average molecular weight is 428 g/mol. The van der Waals surface area contributed by atoms with Crippen LogP contribution in [0.4, 0.5) is 0 Å². The Balaban J connectivity index is 2.02. The maximum absolute atomic E-state index is 11.9. The number of carbonyl (C=O) groups excluding carboxylic acids is 2. The predicted octanol–water partition coefficient (Wildman–Crippen LogP) is 6.72. The van der Waals surface area contributed by atoms with Crippen LogP contribution in [-0.2, 0) is 14.3 Å². The lowest BCUT2D eigenvalue weighted by Gasteiger charge is -2.13. The lowest BCUT2D eigenvalue weighted by molar-refractivity contribution is -0.165. The number of aromatic nitrogens is 1. The minimum absolute atomic E-state index is 0.313. The van der Waals surface area contributed by atoms with Crippen molar-refractivity contribution in [3.63, 3.8) is 0 Å². The SMILES string of the molecule is CCCCCC=CCC=CCC=CCCCCC(=O)OC(C)OC(=O)c1cccnc1. The van der Waals surface area contributed by atoms with E-state index in [1.807, 2.05) is 0 Å². The molecule has 0 aromatic carbocycles. The summed E-state index contributed by atoms with van der Waals surface area (Å²) in [5, 5.41) is 0. The molecule has 0 amide bonds. The van der Waals surface area contributed by atoms with Gasteiger partial charge < -0.3 is 9.47 Å². The molecular weight excluding hydrogens is 390 g/mol. The summed E-state index contributed by atoms with van der Waals surface area (Å²) in [4.78, 5) is 27.6. The van der Waals surface area contributed by atoms with Crippen molar-refractivity contribution in [2.45, 2.75) is 84.3 Å². The van der Waals surface area contributed by atoms with Gasteiger partial charge in [-0.05, 0) is 57.1 Å². The third-order valence-corrected chi connectivity index (χ3v) is 4.49. The molecule has 1 aromatic rings. The van der Waals surface area contributed by atoms with Crippen LogP contribution in [0.3, 0.4) is 0 Å². The Morgan fingerprint density at radius 1 is 0.935 bits per heavy atom. The second-order valence-electron chi connectivity index (χ2n) is 7.33. The predicted molar refractivity (Wildman–Crippen MR) is 124 cm³/mol. The van der Waals surface area contributed by atoms with Crippen molar-refractivity contribution in [2.75, 3.05) is 0 Å². The third kappa shape index (κ3) is 14.9. The van der Waals surface area contributed by atoms with E-state index in [4.69, 9.17) is 9.47 Å². The Hall–Kier alpha value is -2.69. The highest BCUT2D eigenvalue weighted by Gasteiger charge is 2.15. The smallest absolute Gasteiger partial charge is 0.342 e. The summed E-state index contributed by atoms with van der Waals surface area (Å²) < 4.78 is 10.2. The topological polar surface area (TPSA) is 65.5 Å². The number of pyridine rings is 1. The molecule has 1 aromatic heterocycles. The van der Waals surface area contributed by atoms with Crippen molar-refractivity contribution in [1.29, 1.82) is 0 Å². The summed E-state index contributed by atoms with van der Waals surface area (Å²) in [6.45, 7) is 3.76. The lowest BCUT2D eigenvalue weighted by Crippen LogP contribution is -2.21. The number of esters is 2. The van der Waals surface area contributed by atoms with Gasteiger partial charge in [0.25, 0.3) is 0 Å². The zero-order valence-electron chi connectivity index (χ0n) is 19.0. The molecule has 170 valence electrons. The van der Waals surface area contributed by atoms with E-state index in [-0.39, 0.29) is 5.97 Å². The molecule has 1 unspecified atom stereocenters. The summed E-state index contributed by atoms with van der Waals surface area (Å²) >= 11 is 0.